The van der Waals surface area contributed by atoms with Gasteiger partial charge in [-0.05, 0) is 31.7 Å². The maximum absolute atomic E-state index is 13.4. The van der Waals surface area contributed by atoms with Crippen LogP contribution in [0.1, 0.15) is 60.7 Å². The van der Waals surface area contributed by atoms with Gasteiger partial charge in [0.15, 0.2) is 11.3 Å². The zero-order valence-corrected chi connectivity index (χ0v) is 15.9. The number of aromatic nitrogens is 5. The Labute approximate surface area is 164 Å². The van der Waals surface area contributed by atoms with Crippen LogP contribution in [0.25, 0.3) is 11.2 Å². The Morgan fingerprint density at radius 2 is 1.83 bits per heavy atom. The van der Waals surface area contributed by atoms with Crippen molar-refractivity contribution in [3.05, 3.63) is 57.7 Å². The summed E-state index contributed by atoms with van der Waals surface area (Å²) in [4.78, 5) is 29.4. The quantitative estimate of drug-likeness (QED) is 0.661. The van der Waals surface area contributed by atoms with Gasteiger partial charge in [0.25, 0.3) is 5.56 Å². The molecule has 3 aromatic rings. The van der Waals surface area contributed by atoms with Crippen molar-refractivity contribution in [1.29, 1.82) is 0 Å². The van der Waals surface area contributed by atoms with Crippen LogP contribution in [0.4, 0.5) is 13.2 Å². The van der Waals surface area contributed by atoms with Gasteiger partial charge in [-0.3, -0.25) is 19.3 Å². The number of hydrogen-bond acceptors (Lipinski definition) is 5. The molecule has 0 spiro atoms. The van der Waals surface area contributed by atoms with Crippen LogP contribution in [-0.2, 0) is 12.7 Å². The standard InChI is InChI=1S/C20H20F3N5O/c1-12-10-26-15-9-14(13-5-3-2-4-6-13)19(29)28(18(15)27-12)11-16-17(20(21,22)23)25-8-7-24-16/h7-10,13H,2-6,11H2,1H3. The molecule has 0 saturated heterocycles. The van der Waals surface area contributed by atoms with Gasteiger partial charge in [-0.25, -0.2) is 9.97 Å². The Balaban J connectivity index is 1.90. The Morgan fingerprint density at radius 3 is 2.55 bits per heavy atom. The number of pyridine rings is 1. The zero-order chi connectivity index (χ0) is 20.6. The van der Waals surface area contributed by atoms with Crippen LogP contribution in [-0.4, -0.2) is 24.5 Å². The third-order valence-corrected chi connectivity index (χ3v) is 5.34. The predicted octanol–water partition coefficient (Wildman–Crippen LogP) is 4.00. The monoisotopic (exact) mass is 403 g/mol. The lowest BCUT2D eigenvalue weighted by Gasteiger charge is -2.23. The van der Waals surface area contributed by atoms with E-state index in [1.807, 2.05) is 0 Å². The maximum Gasteiger partial charge on any atom is 0.435 e. The number of aryl methyl sites for hydroxylation is 1. The molecule has 0 aliphatic heterocycles. The average molecular weight is 403 g/mol. The molecule has 3 aromatic heterocycles. The Hall–Kier alpha value is -2.84. The SMILES string of the molecule is Cc1cnc2cc(C3CCCCC3)c(=O)n(Cc3nccnc3C(F)(F)F)c2n1. The highest BCUT2D eigenvalue weighted by molar-refractivity contribution is 5.71. The first kappa shape index (κ1) is 19.5. The third-order valence-electron chi connectivity index (χ3n) is 5.34. The molecule has 0 atom stereocenters. The molecule has 0 amide bonds. The smallest absolute Gasteiger partial charge is 0.285 e. The number of alkyl halides is 3. The summed E-state index contributed by atoms with van der Waals surface area (Å²) >= 11 is 0. The van der Waals surface area contributed by atoms with E-state index in [1.54, 1.807) is 19.2 Å². The predicted molar refractivity (Wildman–Crippen MR) is 100 cm³/mol. The van der Waals surface area contributed by atoms with Crippen molar-refractivity contribution in [3.8, 4) is 0 Å². The normalized spacial score (nSPS) is 15.7. The second-order valence-corrected chi connectivity index (χ2v) is 7.40. The van der Waals surface area contributed by atoms with E-state index in [9.17, 15) is 18.0 Å². The van der Waals surface area contributed by atoms with Gasteiger partial charge >= 0.3 is 6.18 Å². The first-order valence-corrected chi connectivity index (χ1v) is 9.59. The molecule has 1 aliphatic rings. The van der Waals surface area contributed by atoms with Gasteiger partial charge < -0.3 is 0 Å². The van der Waals surface area contributed by atoms with E-state index in [2.05, 4.69) is 19.9 Å². The fourth-order valence-corrected chi connectivity index (χ4v) is 3.96. The molecule has 1 fully saturated rings. The number of halogens is 3. The zero-order valence-electron chi connectivity index (χ0n) is 15.9. The summed E-state index contributed by atoms with van der Waals surface area (Å²) in [6.07, 6.45) is 4.09. The molecule has 3 heterocycles. The number of rotatable bonds is 3. The van der Waals surface area contributed by atoms with Crippen molar-refractivity contribution >= 4 is 11.2 Å². The van der Waals surface area contributed by atoms with Gasteiger partial charge in [0.05, 0.1) is 17.9 Å². The van der Waals surface area contributed by atoms with Crippen LogP contribution in [0.3, 0.4) is 0 Å². The van der Waals surface area contributed by atoms with E-state index in [-0.39, 0.29) is 29.4 Å². The molecule has 0 bridgehead atoms. The summed E-state index contributed by atoms with van der Waals surface area (Å²) in [5, 5.41) is 0. The number of fused-ring (bicyclic) bond motifs is 1. The topological polar surface area (TPSA) is 73.6 Å². The summed E-state index contributed by atoms with van der Waals surface area (Å²) in [6.45, 7) is 1.36. The van der Waals surface area contributed by atoms with Crippen LogP contribution < -0.4 is 5.56 Å². The third kappa shape index (κ3) is 3.86. The van der Waals surface area contributed by atoms with Crippen LogP contribution in [0.5, 0.6) is 0 Å². The van der Waals surface area contributed by atoms with E-state index >= 15 is 0 Å². The van der Waals surface area contributed by atoms with Gasteiger partial charge in [-0.2, -0.15) is 13.2 Å². The number of hydrogen-bond donors (Lipinski definition) is 0. The van der Waals surface area contributed by atoms with Gasteiger partial charge in [0.2, 0.25) is 0 Å². The second kappa shape index (κ2) is 7.53. The van der Waals surface area contributed by atoms with E-state index < -0.39 is 11.9 Å². The Morgan fingerprint density at radius 1 is 1.10 bits per heavy atom. The molecule has 1 saturated carbocycles. The van der Waals surface area contributed by atoms with E-state index in [0.29, 0.717) is 16.8 Å². The van der Waals surface area contributed by atoms with Crippen molar-refractivity contribution in [2.24, 2.45) is 0 Å². The van der Waals surface area contributed by atoms with Crippen molar-refractivity contribution in [2.75, 3.05) is 0 Å². The summed E-state index contributed by atoms with van der Waals surface area (Å²) < 4.78 is 41.4. The highest BCUT2D eigenvalue weighted by Crippen LogP contribution is 2.32. The lowest BCUT2D eigenvalue weighted by atomic mass is 9.84. The van der Waals surface area contributed by atoms with Crippen molar-refractivity contribution in [3.63, 3.8) is 0 Å². The number of nitrogens with zero attached hydrogens (tertiary/aromatic N) is 5. The molecule has 0 aromatic carbocycles. The lowest BCUT2D eigenvalue weighted by Crippen LogP contribution is -2.29. The fourth-order valence-electron chi connectivity index (χ4n) is 3.96. The molecule has 29 heavy (non-hydrogen) atoms. The molecule has 152 valence electrons. The fraction of sp³-hybridized carbons (Fsp3) is 0.450. The highest BCUT2D eigenvalue weighted by atomic mass is 19.4. The van der Waals surface area contributed by atoms with Gasteiger partial charge in [0, 0.05) is 24.2 Å². The largest absolute Gasteiger partial charge is 0.435 e. The maximum atomic E-state index is 13.4. The first-order chi connectivity index (χ1) is 13.8. The molecule has 6 nitrogen and oxygen atoms in total. The lowest BCUT2D eigenvalue weighted by molar-refractivity contribution is -0.142. The van der Waals surface area contributed by atoms with Crippen LogP contribution in [0.15, 0.2) is 29.5 Å². The van der Waals surface area contributed by atoms with E-state index in [4.69, 9.17) is 0 Å². The molecule has 1 aliphatic carbocycles. The second-order valence-electron chi connectivity index (χ2n) is 7.40. The van der Waals surface area contributed by atoms with Crippen LogP contribution >= 0.6 is 0 Å². The molecule has 0 unspecified atom stereocenters. The molecular formula is C20H20F3N5O. The van der Waals surface area contributed by atoms with Gasteiger partial charge in [-0.15, -0.1) is 0 Å². The van der Waals surface area contributed by atoms with Crippen molar-refractivity contribution < 1.29 is 13.2 Å². The minimum absolute atomic E-state index is 0.0824. The van der Waals surface area contributed by atoms with Gasteiger partial charge in [0.1, 0.15) is 5.52 Å². The summed E-state index contributed by atoms with van der Waals surface area (Å²) in [5.41, 5.74) is 0.180. The van der Waals surface area contributed by atoms with Crippen molar-refractivity contribution in [1.82, 2.24) is 24.5 Å². The molecule has 9 heteroatoms. The van der Waals surface area contributed by atoms with Crippen LogP contribution in [0, 0.1) is 6.92 Å². The minimum Gasteiger partial charge on any atom is -0.285 e. The van der Waals surface area contributed by atoms with E-state index in [0.717, 1.165) is 38.3 Å². The Bertz CT molecular complexity index is 1100. The minimum atomic E-state index is -4.66. The summed E-state index contributed by atoms with van der Waals surface area (Å²) in [6, 6.07) is 1.75. The molecule has 4 rings (SSSR count). The van der Waals surface area contributed by atoms with E-state index in [1.165, 1.54) is 10.8 Å². The molecule has 0 N–H and O–H groups in total. The average Bonchev–Trinajstić information content (AvgIpc) is 2.70. The summed E-state index contributed by atoms with van der Waals surface area (Å²) in [7, 11) is 0. The highest BCUT2D eigenvalue weighted by Gasteiger charge is 2.36. The summed E-state index contributed by atoms with van der Waals surface area (Å²) in [5.74, 6) is 0.0824. The molecular weight excluding hydrogens is 383 g/mol. The first-order valence-electron chi connectivity index (χ1n) is 9.59. The molecule has 0 radical (unpaired) electrons. The Kier molecular flexibility index (Phi) is 5.06. The van der Waals surface area contributed by atoms with Gasteiger partial charge in [-0.1, -0.05) is 19.3 Å². The van der Waals surface area contributed by atoms with Crippen molar-refractivity contribution in [2.45, 2.75) is 57.7 Å². The van der Waals surface area contributed by atoms with Crippen LogP contribution in [0.2, 0.25) is 0 Å².